The Morgan fingerprint density at radius 1 is 1.12 bits per heavy atom. The third-order valence-electron chi connectivity index (χ3n) is 4.59. The number of benzene rings is 2. The Hall–Kier alpha value is -2.49. The van der Waals surface area contributed by atoms with Crippen molar-refractivity contribution < 1.29 is 22.7 Å². The van der Waals surface area contributed by atoms with Gasteiger partial charge in [-0.05, 0) is 54.3 Å². The van der Waals surface area contributed by atoms with E-state index in [2.05, 4.69) is 4.72 Å². The highest BCUT2D eigenvalue weighted by Crippen LogP contribution is 2.17. The Balaban J connectivity index is 1.95. The van der Waals surface area contributed by atoms with E-state index < -0.39 is 16.1 Å². The predicted octanol–water partition coefficient (Wildman–Crippen LogP) is 3.24. The number of hydrogen-bond acceptors (Lipinski definition) is 6. The maximum absolute atomic E-state index is 12.9. The lowest BCUT2D eigenvalue weighted by Crippen LogP contribution is -2.48. The van der Waals surface area contributed by atoms with Gasteiger partial charge in [0.25, 0.3) is 0 Å². The van der Waals surface area contributed by atoms with Gasteiger partial charge in [0.2, 0.25) is 15.9 Å². The SMILES string of the molecule is COc1ccc(OCCN(C)C(=O)C(CCSC)NS(=O)(=O)/C=C/c2ccccc2)cc1. The predicted molar refractivity (Wildman–Crippen MR) is 130 cm³/mol. The number of thioether (sulfide) groups is 1. The second-order valence-corrected chi connectivity index (χ2v) is 9.58. The summed E-state index contributed by atoms with van der Waals surface area (Å²) in [5.74, 6) is 1.75. The molecule has 0 fully saturated rings. The Morgan fingerprint density at radius 3 is 2.41 bits per heavy atom. The van der Waals surface area contributed by atoms with Gasteiger partial charge in [-0.25, -0.2) is 8.42 Å². The summed E-state index contributed by atoms with van der Waals surface area (Å²) in [6.45, 7) is 0.604. The first kappa shape index (κ1) is 25.8. The van der Waals surface area contributed by atoms with Gasteiger partial charge in [-0.15, -0.1) is 0 Å². The first-order valence-electron chi connectivity index (χ1n) is 10.1. The third-order valence-corrected chi connectivity index (χ3v) is 6.34. The smallest absolute Gasteiger partial charge is 0.240 e. The van der Waals surface area contributed by atoms with Crippen molar-refractivity contribution in [2.24, 2.45) is 0 Å². The van der Waals surface area contributed by atoms with E-state index in [4.69, 9.17) is 9.47 Å². The summed E-state index contributed by atoms with van der Waals surface area (Å²) in [4.78, 5) is 14.4. The summed E-state index contributed by atoms with van der Waals surface area (Å²) in [5, 5.41) is 1.09. The molecule has 0 saturated carbocycles. The largest absolute Gasteiger partial charge is 0.497 e. The number of rotatable bonds is 13. The van der Waals surface area contributed by atoms with Crippen molar-refractivity contribution in [3.05, 3.63) is 65.6 Å². The molecule has 0 aliphatic carbocycles. The average molecular weight is 479 g/mol. The van der Waals surface area contributed by atoms with E-state index in [1.165, 1.54) is 11.0 Å². The molecule has 2 aromatic carbocycles. The molecule has 0 aliphatic heterocycles. The van der Waals surface area contributed by atoms with Crippen molar-refractivity contribution in [2.45, 2.75) is 12.5 Å². The van der Waals surface area contributed by atoms with E-state index in [9.17, 15) is 13.2 Å². The molecule has 1 unspecified atom stereocenters. The number of methoxy groups -OCH3 is 1. The Morgan fingerprint density at radius 2 is 1.78 bits per heavy atom. The first-order valence-corrected chi connectivity index (χ1v) is 13.0. The molecule has 174 valence electrons. The fourth-order valence-electron chi connectivity index (χ4n) is 2.79. The molecule has 7 nitrogen and oxygen atoms in total. The van der Waals surface area contributed by atoms with Crippen LogP contribution in [0.1, 0.15) is 12.0 Å². The zero-order valence-corrected chi connectivity index (χ0v) is 20.2. The minimum absolute atomic E-state index is 0.282. The van der Waals surface area contributed by atoms with Crippen molar-refractivity contribution in [3.63, 3.8) is 0 Å². The van der Waals surface area contributed by atoms with Crippen LogP contribution in [-0.4, -0.2) is 64.6 Å². The second kappa shape index (κ2) is 13.1. The molecule has 0 saturated heterocycles. The molecule has 1 amide bonds. The molecule has 2 aromatic rings. The van der Waals surface area contributed by atoms with Gasteiger partial charge in [0.05, 0.1) is 13.7 Å². The van der Waals surface area contributed by atoms with Gasteiger partial charge in [-0.2, -0.15) is 16.5 Å². The number of carbonyl (C=O) groups excluding carboxylic acids is 1. The summed E-state index contributed by atoms with van der Waals surface area (Å²) < 4.78 is 38.4. The molecule has 0 aromatic heterocycles. The number of carbonyl (C=O) groups is 1. The highest BCUT2D eigenvalue weighted by Gasteiger charge is 2.25. The molecule has 1 atom stereocenters. The van der Waals surface area contributed by atoms with Gasteiger partial charge in [-0.3, -0.25) is 4.79 Å². The molecule has 32 heavy (non-hydrogen) atoms. The summed E-state index contributed by atoms with van der Waals surface area (Å²) in [7, 11) is -0.557. The van der Waals surface area contributed by atoms with Crippen LogP contribution in [0.4, 0.5) is 0 Å². The van der Waals surface area contributed by atoms with Gasteiger partial charge >= 0.3 is 0 Å². The van der Waals surface area contributed by atoms with Crippen LogP contribution in [-0.2, 0) is 14.8 Å². The van der Waals surface area contributed by atoms with Gasteiger partial charge in [0.1, 0.15) is 24.1 Å². The number of sulfonamides is 1. The van der Waals surface area contributed by atoms with Gasteiger partial charge in [-0.1, -0.05) is 30.3 Å². The molecule has 1 N–H and O–H groups in total. The van der Waals surface area contributed by atoms with Crippen LogP contribution in [0.5, 0.6) is 11.5 Å². The standard InChI is InChI=1S/C23H30N2O5S2/c1-25(15-16-30-21-11-9-20(29-2)10-12-21)23(26)22(13-17-31-3)24-32(27,28)18-14-19-7-5-4-6-8-19/h4-12,14,18,22,24H,13,15-17H2,1-3H3/b18-14+. The van der Waals surface area contributed by atoms with Crippen molar-refractivity contribution in [1.29, 1.82) is 0 Å². The summed E-state index contributed by atoms with van der Waals surface area (Å²) >= 11 is 1.55. The van der Waals surface area contributed by atoms with Crippen LogP contribution in [0, 0.1) is 0 Å². The lowest BCUT2D eigenvalue weighted by molar-refractivity contribution is -0.132. The molecule has 9 heteroatoms. The van der Waals surface area contributed by atoms with Gasteiger partial charge in [0, 0.05) is 12.5 Å². The summed E-state index contributed by atoms with van der Waals surface area (Å²) in [6, 6.07) is 15.4. The highest BCUT2D eigenvalue weighted by atomic mass is 32.2. The van der Waals surface area contributed by atoms with Crippen LogP contribution in [0.25, 0.3) is 6.08 Å². The summed E-state index contributed by atoms with van der Waals surface area (Å²) in [6.07, 6.45) is 3.81. The molecular formula is C23H30N2O5S2. The second-order valence-electron chi connectivity index (χ2n) is 6.99. The van der Waals surface area contributed by atoms with Crippen LogP contribution in [0.15, 0.2) is 60.0 Å². The quantitative estimate of drug-likeness (QED) is 0.476. The monoisotopic (exact) mass is 478 g/mol. The maximum Gasteiger partial charge on any atom is 0.240 e. The van der Waals surface area contributed by atoms with Crippen molar-refractivity contribution >= 4 is 33.8 Å². The fraction of sp³-hybridized carbons (Fsp3) is 0.348. The minimum Gasteiger partial charge on any atom is -0.497 e. The summed E-state index contributed by atoms with van der Waals surface area (Å²) in [5.41, 5.74) is 0.762. The Labute approximate surface area is 194 Å². The number of amides is 1. The van der Waals surface area contributed by atoms with E-state index in [1.54, 1.807) is 62.3 Å². The normalized spacial score (nSPS) is 12.5. The molecule has 0 spiro atoms. The lowest BCUT2D eigenvalue weighted by atomic mass is 10.2. The van der Waals surface area contributed by atoms with E-state index in [0.29, 0.717) is 24.5 Å². The van der Waals surface area contributed by atoms with Crippen molar-refractivity contribution in [2.75, 3.05) is 39.3 Å². The molecule has 0 radical (unpaired) electrons. The minimum atomic E-state index is -3.79. The third kappa shape index (κ3) is 8.94. The van der Waals surface area contributed by atoms with Crippen LogP contribution < -0.4 is 14.2 Å². The molecule has 0 heterocycles. The number of likely N-dealkylation sites (N-methyl/N-ethyl adjacent to an activating group) is 1. The number of nitrogens with one attached hydrogen (secondary N) is 1. The molecular weight excluding hydrogens is 448 g/mol. The Bertz CT molecular complexity index is 964. The van der Waals surface area contributed by atoms with Crippen LogP contribution in [0.2, 0.25) is 0 Å². The van der Waals surface area contributed by atoms with Crippen LogP contribution >= 0.6 is 11.8 Å². The van der Waals surface area contributed by atoms with E-state index in [1.807, 2.05) is 24.5 Å². The molecule has 0 bridgehead atoms. The topological polar surface area (TPSA) is 84.9 Å². The van der Waals surface area contributed by atoms with E-state index in [-0.39, 0.29) is 12.5 Å². The number of nitrogens with zero attached hydrogens (tertiary/aromatic N) is 1. The molecule has 0 aliphatic rings. The van der Waals surface area contributed by atoms with Crippen molar-refractivity contribution in [1.82, 2.24) is 9.62 Å². The zero-order chi connectivity index (χ0) is 23.4. The molecule has 2 rings (SSSR count). The van der Waals surface area contributed by atoms with Crippen molar-refractivity contribution in [3.8, 4) is 11.5 Å². The van der Waals surface area contributed by atoms with E-state index >= 15 is 0 Å². The van der Waals surface area contributed by atoms with Crippen LogP contribution in [0.3, 0.4) is 0 Å². The first-order chi connectivity index (χ1) is 15.3. The van der Waals surface area contributed by atoms with E-state index in [0.717, 1.165) is 16.7 Å². The zero-order valence-electron chi connectivity index (χ0n) is 18.6. The number of hydrogen-bond donors (Lipinski definition) is 1. The van der Waals surface area contributed by atoms with Gasteiger partial charge in [0.15, 0.2) is 0 Å². The highest BCUT2D eigenvalue weighted by molar-refractivity contribution is 7.98. The average Bonchev–Trinajstić information content (AvgIpc) is 2.81. The number of ether oxygens (including phenoxy) is 2. The lowest BCUT2D eigenvalue weighted by Gasteiger charge is -2.24. The fourth-order valence-corrected chi connectivity index (χ4v) is 4.29. The maximum atomic E-state index is 12.9. The van der Waals surface area contributed by atoms with Gasteiger partial charge < -0.3 is 14.4 Å². The Kier molecular flexibility index (Phi) is 10.6.